The van der Waals surface area contributed by atoms with Crippen LogP contribution in [0.1, 0.15) is 30.5 Å². The second-order valence-electron chi connectivity index (χ2n) is 4.70. The Kier molecular flexibility index (Phi) is 5.57. The molecule has 0 saturated heterocycles. The van der Waals surface area contributed by atoms with Crippen LogP contribution in [0.3, 0.4) is 0 Å². The van der Waals surface area contributed by atoms with Crippen molar-refractivity contribution in [3.63, 3.8) is 0 Å². The first-order chi connectivity index (χ1) is 10.0. The van der Waals surface area contributed by atoms with Crippen molar-refractivity contribution in [2.45, 2.75) is 19.4 Å². The molecule has 0 heterocycles. The Hall–Kier alpha value is -1.16. The van der Waals surface area contributed by atoms with Crippen molar-refractivity contribution < 1.29 is 8.78 Å². The molecule has 0 bridgehead atoms. The third kappa shape index (κ3) is 3.73. The van der Waals surface area contributed by atoms with Gasteiger partial charge in [-0.2, -0.15) is 0 Å². The minimum Gasteiger partial charge on any atom is -0.306 e. The standard InChI is InChI=1S/C16H15Cl2F2N/c1-2-8-21-16(11-7-6-10(17)9-14(11)20)12-4-3-5-13(19)15(12)18/h3-7,9,16,21H,2,8H2,1H3. The van der Waals surface area contributed by atoms with E-state index >= 15 is 0 Å². The van der Waals surface area contributed by atoms with Crippen molar-refractivity contribution >= 4 is 23.2 Å². The molecular formula is C16H15Cl2F2N. The first-order valence-electron chi connectivity index (χ1n) is 6.66. The molecule has 1 nitrogen and oxygen atoms in total. The van der Waals surface area contributed by atoms with Gasteiger partial charge in [0.15, 0.2) is 0 Å². The van der Waals surface area contributed by atoms with Gasteiger partial charge in [0.25, 0.3) is 0 Å². The lowest BCUT2D eigenvalue weighted by molar-refractivity contribution is 0.543. The molecule has 1 N–H and O–H groups in total. The molecule has 0 aliphatic rings. The molecule has 0 spiro atoms. The molecule has 0 aliphatic carbocycles. The number of nitrogens with one attached hydrogen (secondary N) is 1. The summed E-state index contributed by atoms with van der Waals surface area (Å²) >= 11 is 11.8. The fourth-order valence-electron chi connectivity index (χ4n) is 2.16. The van der Waals surface area contributed by atoms with E-state index in [0.717, 1.165) is 6.42 Å². The van der Waals surface area contributed by atoms with E-state index in [9.17, 15) is 8.78 Å². The van der Waals surface area contributed by atoms with Gasteiger partial charge in [-0.15, -0.1) is 0 Å². The van der Waals surface area contributed by atoms with E-state index in [1.54, 1.807) is 24.3 Å². The lowest BCUT2D eigenvalue weighted by atomic mass is 9.97. The highest BCUT2D eigenvalue weighted by Crippen LogP contribution is 2.32. The predicted octanol–water partition coefficient (Wildman–Crippen LogP) is 5.36. The molecule has 0 saturated carbocycles. The molecule has 2 aromatic rings. The summed E-state index contributed by atoms with van der Waals surface area (Å²) < 4.78 is 27.9. The Labute approximate surface area is 132 Å². The van der Waals surface area contributed by atoms with E-state index < -0.39 is 17.7 Å². The first kappa shape index (κ1) is 16.2. The zero-order valence-corrected chi connectivity index (χ0v) is 13.0. The van der Waals surface area contributed by atoms with Crippen molar-refractivity contribution in [1.29, 1.82) is 0 Å². The molecule has 0 radical (unpaired) electrons. The highest BCUT2D eigenvalue weighted by molar-refractivity contribution is 6.31. The number of hydrogen-bond acceptors (Lipinski definition) is 1. The van der Waals surface area contributed by atoms with Crippen molar-refractivity contribution in [3.8, 4) is 0 Å². The van der Waals surface area contributed by atoms with Crippen molar-refractivity contribution in [3.05, 3.63) is 69.2 Å². The normalized spacial score (nSPS) is 12.4. The second kappa shape index (κ2) is 7.21. The molecule has 1 unspecified atom stereocenters. The Morgan fingerprint density at radius 2 is 1.81 bits per heavy atom. The monoisotopic (exact) mass is 329 g/mol. The van der Waals surface area contributed by atoms with Gasteiger partial charge in [0.1, 0.15) is 11.6 Å². The summed E-state index contributed by atoms with van der Waals surface area (Å²) in [5.41, 5.74) is 0.895. The molecule has 0 amide bonds. The maximum Gasteiger partial charge on any atom is 0.142 e. The van der Waals surface area contributed by atoms with Gasteiger partial charge >= 0.3 is 0 Å². The van der Waals surface area contributed by atoms with Crippen LogP contribution in [-0.2, 0) is 0 Å². The molecule has 2 rings (SSSR count). The van der Waals surface area contributed by atoms with E-state index in [2.05, 4.69) is 5.32 Å². The average Bonchev–Trinajstić information content (AvgIpc) is 2.45. The summed E-state index contributed by atoms with van der Waals surface area (Å²) in [6.45, 7) is 2.65. The molecule has 0 aromatic heterocycles. The molecule has 21 heavy (non-hydrogen) atoms. The van der Waals surface area contributed by atoms with E-state index in [-0.39, 0.29) is 5.02 Å². The van der Waals surface area contributed by atoms with Gasteiger partial charge in [-0.1, -0.05) is 48.3 Å². The van der Waals surface area contributed by atoms with Gasteiger partial charge in [-0.25, -0.2) is 8.78 Å². The molecule has 1 atom stereocenters. The lowest BCUT2D eigenvalue weighted by Crippen LogP contribution is -2.24. The smallest absolute Gasteiger partial charge is 0.142 e. The van der Waals surface area contributed by atoms with Crippen LogP contribution in [0.25, 0.3) is 0 Å². The Morgan fingerprint density at radius 1 is 1.05 bits per heavy atom. The maximum absolute atomic E-state index is 14.2. The van der Waals surface area contributed by atoms with Gasteiger partial charge in [-0.05, 0) is 36.7 Å². The molecule has 2 aromatic carbocycles. The van der Waals surface area contributed by atoms with Crippen molar-refractivity contribution in [2.24, 2.45) is 0 Å². The largest absolute Gasteiger partial charge is 0.306 e. The molecule has 0 aliphatic heterocycles. The van der Waals surface area contributed by atoms with Crippen LogP contribution in [0.4, 0.5) is 8.78 Å². The number of halogens is 4. The van der Waals surface area contributed by atoms with Crippen LogP contribution < -0.4 is 5.32 Å². The third-order valence-electron chi connectivity index (χ3n) is 3.16. The summed E-state index contributed by atoms with van der Waals surface area (Å²) in [5.74, 6) is -0.969. The van der Waals surface area contributed by atoms with Crippen LogP contribution in [-0.4, -0.2) is 6.54 Å². The van der Waals surface area contributed by atoms with E-state index in [1.165, 1.54) is 12.1 Å². The zero-order valence-electron chi connectivity index (χ0n) is 11.5. The van der Waals surface area contributed by atoms with E-state index in [0.29, 0.717) is 22.7 Å². The Balaban J connectivity index is 2.49. The van der Waals surface area contributed by atoms with Crippen molar-refractivity contribution in [2.75, 3.05) is 6.54 Å². The summed E-state index contributed by atoms with van der Waals surface area (Å²) in [6.07, 6.45) is 0.860. The van der Waals surface area contributed by atoms with Crippen LogP contribution in [0.5, 0.6) is 0 Å². The van der Waals surface area contributed by atoms with Gasteiger partial charge < -0.3 is 5.32 Å². The van der Waals surface area contributed by atoms with Crippen LogP contribution >= 0.6 is 23.2 Å². The summed E-state index contributed by atoms with van der Waals surface area (Å²) in [4.78, 5) is 0. The van der Waals surface area contributed by atoms with Crippen LogP contribution in [0, 0.1) is 11.6 Å². The quantitative estimate of drug-likeness (QED) is 0.778. The third-order valence-corrected chi connectivity index (χ3v) is 3.80. The fourth-order valence-corrected chi connectivity index (χ4v) is 2.55. The number of hydrogen-bond donors (Lipinski definition) is 1. The van der Waals surface area contributed by atoms with Gasteiger partial charge in [-0.3, -0.25) is 0 Å². The molecule has 112 valence electrons. The topological polar surface area (TPSA) is 12.0 Å². The highest BCUT2D eigenvalue weighted by Gasteiger charge is 2.21. The minimum absolute atomic E-state index is 0.000420. The summed E-state index contributed by atoms with van der Waals surface area (Å²) in [6, 6.07) is 8.44. The second-order valence-corrected chi connectivity index (χ2v) is 5.51. The van der Waals surface area contributed by atoms with Gasteiger partial charge in [0.05, 0.1) is 11.1 Å². The molecular weight excluding hydrogens is 315 g/mol. The first-order valence-corrected chi connectivity index (χ1v) is 7.42. The zero-order chi connectivity index (χ0) is 15.4. The van der Waals surface area contributed by atoms with E-state index in [4.69, 9.17) is 23.2 Å². The SMILES string of the molecule is CCCNC(c1ccc(Cl)cc1F)c1cccc(F)c1Cl. The Morgan fingerprint density at radius 3 is 2.48 bits per heavy atom. The highest BCUT2D eigenvalue weighted by atomic mass is 35.5. The van der Waals surface area contributed by atoms with E-state index in [1.807, 2.05) is 6.92 Å². The molecule has 0 fully saturated rings. The van der Waals surface area contributed by atoms with Gasteiger partial charge in [0, 0.05) is 10.6 Å². The predicted molar refractivity (Wildman–Crippen MR) is 83.0 cm³/mol. The average molecular weight is 330 g/mol. The fraction of sp³-hybridized carbons (Fsp3) is 0.250. The van der Waals surface area contributed by atoms with Crippen molar-refractivity contribution in [1.82, 2.24) is 5.32 Å². The van der Waals surface area contributed by atoms with Gasteiger partial charge in [0.2, 0.25) is 0 Å². The summed E-state index contributed by atoms with van der Waals surface area (Å²) in [7, 11) is 0. The number of benzene rings is 2. The lowest BCUT2D eigenvalue weighted by Gasteiger charge is -2.21. The number of rotatable bonds is 5. The van der Waals surface area contributed by atoms with Crippen LogP contribution in [0.2, 0.25) is 10.0 Å². The molecule has 5 heteroatoms. The Bertz CT molecular complexity index is 632. The maximum atomic E-state index is 14.2. The summed E-state index contributed by atoms with van der Waals surface area (Å²) in [5, 5.41) is 3.51. The minimum atomic E-state index is -0.523. The van der Waals surface area contributed by atoms with Crippen LogP contribution in [0.15, 0.2) is 36.4 Å².